The molecular weight excluding hydrogens is 178 g/mol. The molecule has 0 saturated heterocycles. The molecule has 2 atom stereocenters. The van der Waals surface area contributed by atoms with Crippen LogP contribution in [0.5, 0.6) is 0 Å². The minimum atomic E-state index is -0.139. The molecule has 3 nitrogen and oxygen atoms in total. The first-order valence-corrected chi connectivity index (χ1v) is 5.50. The van der Waals surface area contributed by atoms with Gasteiger partial charge < -0.3 is 10.1 Å². The van der Waals surface area contributed by atoms with E-state index in [-0.39, 0.29) is 12.1 Å². The van der Waals surface area contributed by atoms with Gasteiger partial charge in [0, 0.05) is 6.04 Å². The predicted molar refractivity (Wildman–Crippen MR) is 56.0 cm³/mol. The van der Waals surface area contributed by atoms with Crippen LogP contribution >= 0.6 is 0 Å². The van der Waals surface area contributed by atoms with E-state index in [0.717, 1.165) is 5.92 Å². The molecule has 3 heteroatoms. The van der Waals surface area contributed by atoms with Crippen LogP contribution in [-0.4, -0.2) is 24.7 Å². The largest absolute Gasteiger partial charge is 0.462 e. The highest BCUT2D eigenvalue weighted by molar-refractivity contribution is 5.71. The third kappa shape index (κ3) is 4.09. The third-order valence-corrected chi connectivity index (χ3v) is 2.60. The molecule has 82 valence electrons. The zero-order chi connectivity index (χ0) is 10.6. The SMILES string of the molecule is CC1CCC(NCC(=O)OC(C)C)C1. The van der Waals surface area contributed by atoms with Gasteiger partial charge in [-0.2, -0.15) is 0 Å². The van der Waals surface area contributed by atoms with Gasteiger partial charge in [0.25, 0.3) is 0 Å². The van der Waals surface area contributed by atoms with E-state index in [0.29, 0.717) is 12.6 Å². The van der Waals surface area contributed by atoms with Crippen LogP contribution in [0, 0.1) is 5.92 Å². The van der Waals surface area contributed by atoms with Crippen LogP contribution in [0.3, 0.4) is 0 Å². The molecule has 0 bridgehead atoms. The molecule has 0 spiro atoms. The van der Waals surface area contributed by atoms with Crippen molar-refractivity contribution in [2.24, 2.45) is 5.92 Å². The fourth-order valence-electron chi connectivity index (χ4n) is 1.92. The van der Waals surface area contributed by atoms with E-state index in [1.165, 1.54) is 19.3 Å². The Hall–Kier alpha value is -0.570. The molecule has 1 rings (SSSR count). The smallest absolute Gasteiger partial charge is 0.320 e. The summed E-state index contributed by atoms with van der Waals surface area (Å²) in [5, 5.41) is 3.24. The Morgan fingerprint density at radius 1 is 1.50 bits per heavy atom. The number of carbonyl (C=O) groups excluding carboxylic acids is 1. The minimum absolute atomic E-state index is 0.00759. The van der Waals surface area contributed by atoms with Gasteiger partial charge in [-0.1, -0.05) is 6.92 Å². The first-order valence-electron chi connectivity index (χ1n) is 5.50. The van der Waals surface area contributed by atoms with Crippen molar-refractivity contribution in [3.63, 3.8) is 0 Å². The van der Waals surface area contributed by atoms with E-state index in [9.17, 15) is 4.79 Å². The summed E-state index contributed by atoms with van der Waals surface area (Å²) < 4.78 is 5.04. The van der Waals surface area contributed by atoms with Crippen molar-refractivity contribution >= 4 is 5.97 Å². The van der Waals surface area contributed by atoms with E-state index >= 15 is 0 Å². The summed E-state index contributed by atoms with van der Waals surface area (Å²) in [6, 6.07) is 0.518. The fraction of sp³-hybridized carbons (Fsp3) is 0.909. The zero-order valence-electron chi connectivity index (χ0n) is 9.38. The van der Waals surface area contributed by atoms with Crippen LogP contribution in [0.15, 0.2) is 0 Å². The normalized spacial score (nSPS) is 26.9. The lowest BCUT2D eigenvalue weighted by atomic mass is 10.1. The standard InChI is InChI=1S/C11H21NO2/c1-8(2)14-11(13)7-12-10-5-4-9(3)6-10/h8-10,12H,4-7H2,1-3H3. The maximum absolute atomic E-state index is 11.2. The highest BCUT2D eigenvalue weighted by Gasteiger charge is 2.21. The highest BCUT2D eigenvalue weighted by atomic mass is 16.5. The number of esters is 1. The Kier molecular flexibility index (Phi) is 4.39. The summed E-state index contributed by atoms with van der Waals surface area (Å²) in [5.74, 6) is 0.660. The van der Waals surface area contributed by atoms with Gasteiger partial charge >= 0.3 is 5.97 Å². The lowest BCUT2D eigenvalue weighted by Gasteiger charge is -2.13. The molecule has 0 aromatic carbocycles. The Labute approximate surface area is 86.2 Å². The maximum Gasteiger partial charge on any atom is 0.320 e. The van der Waals surface area contributed by atoms with Crippen molar-refractivity contribution in [1.82, 2.24) is 5.32 Å². The summed E-state index contributed by atoms with van der Waals surface area (Å²) in [7, 11) is 0. The van der Waals surface area contributed by atoms with E-state index < -0.39 is 0 Å². The number of nitrogens with one attached hydrogen (secondary N) is 1. The zero-order valence-corrected chi connectivity index (χ0v) is 9.38. The van der Waals surface area contributed by atoms with Crippen LogP contribution < -0.4 is 5.32 Å². The Balaban J connectivity index is 2.11. The molecule has 1 aliphatic carbocycles. The Morgan fingerprint density at radius 2 is 2.21 bits per heavy atom. The van der Waals surface area contributed by atoms with Gasteiger partial charge in [-0.15, -0.1) is 0 Å². The van der Waals surface area contributed by atoms with Gasteiger partial charge in [0.05, 0.1) is 12.6 Å². The van der Waals surface area contributed by atoms with E-state index in [1.54, 1.807) is 0 Å². The molecule has 1 aliphatic rings. The maximum atomic E-state index is 11.2. The first-order chi connectivity index (χ1) is 6.58. The highest BCUT2D eigenvalue weighted by Crippen LogP contribution is 2.24. The fourth-order valence-corrected chi connectivity index (χ4v) is 1.92. The monoisotopic (exact) mass is 199 g/mol. The molecule has 1 N–H and O–H groups in total. The van der Waals surface area contributed by atoms with Crippen molar-refractivity contribution in [3.8, 4) is 0 Å². The van der Waals surface area contributed by atoms with Gasteiger partial charge in [0.15, 0.2) is 0 Å². The molecule has 0 heterocycles. The Morgan fingerprint density at radius 3 is 2.71 bits per heavy atom. The van der Waals surface area contributed by atoms with Crippen LogP contribution in [-0.2, 0) is 9.53 Å². The molecule has 0 aliphatic heterocycles. The minimum Gasteiger partial charge on any atom is -0.462 e. The van der Waals surface area contributed by atoms with Crippen LogP contribution in [0.1, 0.15) is 40.0 Å². The third-order valence-electron chi connectivity index (χ3n) is 2.60. The van der Waals surface area contributed by atoms with Crippen molar-refractivity contribution in [2.45, 2.75) is 52.2 Å². The Bertz CT molecular complexity index is 192. The topological polar surface area (TPSA) is 38.3 Å². The molecule has 0 radical (unpaired) electrons. The molecule has 1 fully saturated rings. The number of carbonyl (C=O) groups is 1. The molecule has 0 aromatic heterocycles. The van der Waals surface area contributed by atoms with Gasteiger partial charge in [-0.3, -0.25) is 4.79 Å². The van der Waals surface area contributed by atoms with E-state index in [4.69, 9.17) is 4.74 Å². The number of hydrogen-bond donors (Lipinski definition) is 1. The quantitative estimate of drug-likeness (QED) is 0.701. The molecule has 1 saturated carbocycles. The summed E-state index contributed by atoms with van der Waals surface area (Å²) in [6.45, 7) is 6.36. The predicted octanol–water partition coefficient (Wildman–Crippen LogP) is 1.72. The van der Waals surface area contributed by atoms with Gasteiger partial charge in [-0.25, -0.2) is 0 Å². The first kappa shape index (κ1) is 11.5. The van der Waals surface area contributed by atoms with Gasteiger partial charge in [-0.05, 0) is 39.0 Å². The van der Waals surface area contributed by atoms with Crippen LogP contribution in [0.2, 0.25) is 0 Å². The second kappa shape index (κ2) is 5.35. The van der Waals surface area contributed by atoms with Crippen molar-refractivity contribution in [1.29, 1.82) is 0 Å². The van der Waals surface area contributed by atoms with Gasteiger partial charge in [0.2, 0.25) is 0 Å². The number of ether oxygens (including phenoxy) is 1. The second-order valence-electron chi connectivity index (χ2n) is 4.53. The van der Waals surface area contributed by atoms with Crippen LogP contribution in [0.4, 0.5) is 0 Å². The van der Waals surface area contributed by atoms with Crippen LogP contribution in [0.25, 0.3) is 0 Å². The summed E-state index contributed by atoms with van der Waals surface area (Å²) in [4.78, 5) is 11.2. The van der Waals surface area contributed by atoms with Crippen molar-refractivity contribution < 1.29 is 9.53 Å². The number of hydrogen-bond acceptors (Lipinski definition) is 3. The summed E-state index contributed by atoms with van der Waals surface area (Å²) in [6.07, 6.45) is 3.65. The summed E-state index contributed by atoms with van der Waals surface area (Å²) in [5.41, 5.74) is 0. The average molecular weight is 199 g/mol. The second-order valence-corrected chi connectivity index (χ2v) is 4.53. The van der Waals surface area contributed by atoms with Crippen molar-refractivity contribution in [2.75, 3.05) is 6.54 Å². The molecule has 2 unspecified atom stereocenters. The lowest BCUT2D eigenvalue weighted by molar-refractivity contribution is -0.146. The average Bonchev–Trinajstić information content (AvgIpc) is 2.47. The van der Waals surface area contributed by atoms with E-state index in [2.05, 4.69) is 12.2 Å². The molecule has 0 amide bonds. The molecular formula is C11H21NO2. The lowest BCUT2D eigenvalue weighted by Crippen LogP contribution is -2.33. The molecule has 0 aromatic rings. The van der Waals surface area contributed by atoms with Crippen molar-refractivity contribution in [3.05, 3.63) is 0 Å². The summed E-state index contributed by atoms with van der Waals surface area (Å²) >= 11 is 0. The van der Waals surface area contributed by atoms with E-state index in [1.807, 2.05) is 13.8 Å². The number of rotatable bonds is 4. The molecule has 14 heavy (non-hydrogen) atoms. The van der Waals surface area contributed by atoms with Gasteiger partial charge in [0.1, 0.15) is 0 Å².